The van der Waals surface area contributed by atoms with Gasteiger partial charge in [-0.2, -0.15) is 0 Å². The quantitative estimate of drug-likeness (QED) is 0.759. The van der Waals surface area contributed by atoms with Crippen LogP contribution >= 0.6 is 0 Å². The molecule has 4 aliphatic carbocycles. The molecule has 0 amide bonds. The zero-order valence-electron chi connectivity index (χ0n) is 15.8. The number of carbonyl (C=O) groups is 4. The molecular weight excluding hydrogens is 336 g/mol. The second-order valence-electron chi connectivity index (χ2n) is 8.52. The van der Waals surface area contributed by atoms with Crippen molar-refractivity contribution in [2.75, 3.05) is 0 Å². The molecule has 0 radical (unpaired) electrons. The lowest BCUT2D eigenvalue weighted by Crippen LogP contribution is -2.77. The van der Waals surface area contributed by atoms with Gasteiger partial charge in [0.05, 0.1) is 10.8 Å². The standard InChI is InChI=1S/C20H24O6/c1-9-7-20(11(3)22)14(19(6,26)15(9)23)13-12(10(2)21)8-17(20,4)16(24)18(13,5)25/h7-8,13-14,25-26H,1-6H3/t13?,14?,17?,18?,19-,20?/m0/s1. The summed E-state index contributed by atoms with van der Waals surface area (Å²) in [5, 5.41) is 22.2. The molecule has 1 fully saturated rings. The number of ketones is 4. The molecule has 4 rings (SSSR count). The van der Waals surface area contributed by atoms with Crippen molar-refractivity contribution in [1.82, 2.24) is 0 Å². The van der Waals surface area contributed by atoms with Gasteiger partial charge in [0.2, 0.25) is 0 Å². The first-order valence-corrected chi connectivity index (χ1v) is 8.66. The minimum absolute atomic E-state index is 0.181. The average molecular weight is 360 g/mol. The number of carbonyl (C=O) groups excluding carboxylic acids is 4. The van der Waals surface area contributed by atoms with Crippen LogP contribution in [0, 0.1) is 22.7 Å². The smallest absolute Gasteiger partial charge is 0.189 e. The van der Waals surface area contributed by atoms with Crippen LogP contribution in [0.5, 0.6) is 0 Å². The Bertz CT molecular complexity index is 842. The van der Waals surface area contributed by atoms with Crippen molar-refractivity contribution in [3.8, 4) is 0 Å². The van der Waals surface area contributed by atoms with Crippen molar-refractivity contribution >= 4 is 23.1 Å². The van der Waals surface area contributed by atoms with E-state index < -0.39 is 45.4 Å². The summed E-state index contributed by atoms with van der Waals surface area (Å²) in [6, 6.07) is 0. The third-order valence-corrected chi connectivity index (χ3v) is 6.86. The summed E-state index contributed by atoms with van der Waals surface area (Å²) in [6.07, 6.45) is 2.93. The van der Waals surface area contributed by atoms with Crippen molar-refractivity contribution in [2.45, 2.75) is 52.7 Å². The van der Waals surface area contributed by atoms with E-state index >= 15 is 0 Å². The highest BCUT2D eigenvalue weighted by atomic mass is 16.3. The monoisotopic (exact) mass is 360 g/mol. The van der Waals surface area contributed by atoms with Gasteiger partial charge < -0.3 is 10.2 Å². The molecule has 0 aromatic rings. The van der Waals surface area contributed by atoms with E-state index in [1.807, 2.05) is 0 Å². The molecule has 2 bridgehead atoms. The molecule has 0 saturated heterocycles. The summed E-state index contributed by atoms with van der Waals surface area (Å²) in [6.45, 7) is 8.23. The second kappa shape index (κ2) is 4.87. The fraction of sp³-hybridized carbons (Fsp3) is 0.600. The summed E-state index contributed by atoms with van der Waals surface area (Å²) >= 11 is 0. The topological polar surface area (TPSA) is 109 Å². The highest BCUT2D eigenvalue weighted by Crippen LogP contribution is 2.68. The fourth-order valence-corrected chi connectivity index (χ4v) is 5.80. The Morgan fingerprint density at radius 3 is 2.00 bits per heavy atom. The van der Waals surface area contributed by atoms with E-state index in [4.69, 9.17) is 0 Å². The predicted octanol–water partition coefficient (Wildman–Crippen LogP) is 0.943. The number of hydrogen-bond donors (Lipinski definition) is 2. The molecule has 6 heteroatoms. The zero-order valence-corrected chi connectivity index (χ0v) is 15.8. The summed E-state index contributed by atoms with van der Waals surface area (Å²) in [5.41, 5.74) is -6.65. The van der Waals surface area contributed by atoms with Gasteiger partial charge in [-0.3, -0.25) is 19.2 Å². The zero-order chi connectivity index (χ0) is 20.0. The number of rotatable bonds is 2. The maximum atomic E-state index is 13.2. The third kappa shape index (κ3) is 1.74. The summed E-state index contributed by atoms with van der Waals surface area (Å²) in [4.78, 5) is 51.1. The molecule has 6 nitrogen and oxygen atoms in total. The Hall–Kier alpha value is -1.92. The van der Waals surface area contributed by atoms with E-state index in [1.165, 1.54) is 53.7 Å². The van der Waals surface area contributed by atoms with Gasteiger partial charge in [-0.25, -0.2) is 0 Å². The minimum Gasteiger partial charge on any atom is -0.382 e. The van der Waals surface area contributed by atoms with Crippen LogP contribution in [0.15, 0.2) is 23.3 Å². The van der Waals surface area contributed by atoms with Crippen molar-refractivity contribution in [2.24, 2.45) is 22.7 Å². The lowest BCUT2D eigenvalue weighted by Gasteiger charge is -2.66. The molecule has 1 saturated carbocycles. The molecule has 4 aliphatic rings. The van der Waals surface area contributed by atoms with Gasteiger partial charge in [-0.15, -0.1) is 0 Å². The van der Waals surface area contributed by atoms with Crippen LogP contribution < -0.4 is 0 Å². The van der Waals surface area contributed by atoms with Crippen LogP contribution in [0.25, 0.3) is 0 Å². The Balaban J connectivity index is 2.53. The van der Waals surface area contributed by atoms with Gasteiger partial charge in [0.15, 0.2) is 17.3 Å². The van der Waals surface area contributed by atoms with E-state index in [0.29, 0.717) is 0 Å². The van der Waals surface area contributed by atoms with Crippen molar-refractivity contribution in [1.29, 1.82) is 0 Å². The lowest BCUT2D eigenvalue weighted by molar-refractivity contribution is -0.206. The molecule has 140 valence electrons. The molecule has 26 heavy (non-hydrogen) atoms. The number of allylic oxidation sites excluding steroid dienone is 2. The highest BCUT2D eigenvalue weighted by Gasteiger charge is 2.77. The molecular formula is C20H24O6. The Kier molecular flexibility index (Phi) is 3.53. The molecule has 6 atom stereocenters. The maximum absolute atomic E-state index is 13.2. The first-order chi connectivity index (χ1) is 11.7. The summed E-state index contributed by atoms with van der Waals surface area (Å²) < 4.78 is 0. The molecule has 5 unspecified atom stereocenters. The minimum atomic E-state index is -2.00. The predicted molar refractivity (Wildman–Crippen MR) is 92.0 cm³/mol. The number of fused-ring (bicyclic) bond motifs is 1. The van der Waals surface area contributed by atoms with Gasteiger partial charge in [-0.05, 0) is 52.7 Å². The van der Waals surface area contributed by atoms with E-state index in [2.05, 4.69) is 0 Å². The molecule has 0 aromatic carbocycles. The van der Waals surface area contributed by atoms with Crippen LogP contribution in [0.2, 0.25) is 0 Å². The van der Waals surface area contributed by atoms with Crippen molar-refractivity contribution in [3.63, 3.8) is 0 Å². The van der Waals surface area contributed by atoms with Gasteiger partial charge in [0.1, 0.15) is 17.0 Å². The maximum Gasteiger partial charge on any atom is 0.189 e. The molecule has 0 heterocycles. The first-order valence-electron chi connectivity index (χ1n) is 8.66. The summed E-state index contributed by atoms with van der Waals surface area (Å²) in [7, 11) is 0. The van der Waals surface area contributed by atoms with Gasteiger partial charge in [0, 0.05) is 11.8 Å². The molecule has 2 N–H and O–H groups in total. The average Bonchev–Trinajstić information content (AvgIpc) is 2.50. The van der Waals surface area contributed by atoms with Gasteiger partial charge >= 0.3 is 0 Å². The Morgan fingerprint density at radius 1 is 1.00 bits per heavy atom. The van der Waals surface area contributed by atoms with Crippen LogP contribution in [0.4, 0.5) is 0 Å². The SMILES string of the molecule is CC(=O)C1=CC2(C)C(=O)C(C)(O)C1C1C2(C(C)=O)C=C(C)C(=O)[C@@]1(C)O. The molecule has 0 aliphatic heterocycles. The van der Waals surface area contributed by atoms with Crippen LogP contribution in [-0.4, -0.2) is 44.5 Å². The number of aliphatic hydroxyl groups is 2. The fourth-order valence-electron chi connectivity index (χ4n) is 5.80. The van der Waals surface area contributed by atoms with Crippen molar-refractivity contribution < 1.29 is 29.4 Å². The van der Waals surface area contributed by atoms with Gasteiger partial charge in [0.25, 0.3) is 0 Å². The lowest BCUT2D eigenvalue weighted by atomic mass is 9.35. The van der Waals surface area contributed by atoms with Crippen molar-refractivity contribution in [3.05, 3.63) is 23.3 Å². The second-order valence-corrected chi connectivity index (χ2v) is 8.52. The number of hydrogen-bond acceptors (Lipinski definition) is 6. The Labute approximate surface area is 152 Å². The number of Topliss-reactive ketones (excluding diaryl/α,β-unsaturated/α-hetero) is 4. The largest absolute Gasteiger partial charge is 0.382 e. The summed E-state index contributed by atoms with van der Waals surface area (Å²) in [5.74, 6) is -4.17. The normalized spacial score (nSPS) is 47.2. The highest BCUT2D eigenvalue weighted by molar-refractivity contribution is 6.12. The van der Waals surface area contributed by atoms with E-state index in [1.54, 1.807) is 0 Å². The van der Waals surface area contributed by atoms with E-state index in [0.717, 1.165) is 0 Å². The van der Waals surface area contributed by atoms with Gasteiger partial charge in [-0.1, -0.05) is 12.2 Å². The Morgan fingerprint density at radius 2 is 1.54 bits per heavy atom. The van der Waals surface area contributed by atoms with Crippen LogP contribution in [0.3, 0.4) is 0 Å². The molecule has 0 spiro atoms. The van der Waals surface area contributed by atoms with Crippen LogP contribution in [-0.2, 0) is 19.2 Å². The third-order valence-electron chi connectivity index (χ3n) is 6.86. The first kappa shape index (κ1) is 18.9. The van der Waals surface area contributed by atoms with E-state index in [9.17, 15) is 29.4 Å². The molecule has 0 aromatic heterocycles. The van der Waals surface area contributed by atoms with E-state index in [-0.39, 0.29) is 22.7 Å². The van der Waals surface area contributed by atoms with Crippen LogP contribution in [0.1, 0.15) is 41.5 Å².